The van der Waals surface area contributed by atoms with Gasteiger partial charge in [-0.2, -0.15) is 0 Å². The van der Waals surface area contributed by atoms with Crippen molar-refractivity contribution >= 4 is 5.97 Å². The molecule has 0 N–H and O–H groups in total. The first-order valence-electron chi connectivity index (χ1n) is 8.05. The maximum atomic E-state index is 10.7. The largest absolute Gasteiger partial charge is 0.466 e. The molecule has 2 unspecified atom stereocenters. The van der Waals surface area contributed by atoms with E-state index >= 15 is 0 Å². The number of carbonyl (C=O) groups is 1. The molecule has 0 fully saturated rings. The lowest BCUT2D eigenvalue weighted by atomic mass is 9.93. The van der Waals surface area contributed by atoms with Gasteiger partial charge in [-0.1, -0.05) is 66.2 Å². The highest BCUT2D eigenvalue weighted by Crippen LogP contribution is 2.20. The van der Waals surface area contributed by atoms with E-state index in [-0.39, 0.29) is 5.97 Å². The summed E-state index contributed by atoms with van der Waals surface area (Å²) >= 11 is 0. The lowest BCUT2D eigenvalue weighted by Gasteiger charge is -2.14. The average molecular weight is 270 g/mol. The van der Waals surface area contributed by atoms with Gasteiger partial charge in [0, 0.05) is 6.92 Å². The third-order valence-electron chi connectivity index (χ3n) is 3.79. The van der Waals surface area contributed by atoms with Crippen LogP contribution in [0.3, 0.4) is 0 Å². The number of hydrogen-bond acceptors (Lipinski definition) is 2. The Morgan fingerprint density at radius 1 is 0.842 bits per heavy atom. The molecule has 0 aliphatic rings. The lowest BCUT2D eigenvalue weighted by Crippen LogP contribution is -2.06. The van der Waals surface area contributed by atoms with Crippen LogP contribution in [0.2, 0.25) is 0 Å². The number of hydrogen-bond donors (Lipinski definition) is 0. The molecule has 0 aromatic heterocycles. The summed E-state index contributed by atoms with van der Waals surface area (Å²) < 4.78 is 4.98. The summed E-state index contributed by atoms with van der Waals surface area (Å²) in [6, 6.07) is 0. The minimum atomic E-state index is -0.161. The molecule has 0 radical (unpaired) electrons. The molecule has 0 aliphatic heterocycles. The second-order valence-corrected chi connectivity index (χ2v) is 6.59. The van der Waals surface area contributed by atoms with Crippen molar-refractivity contribution in [1.29, 1.82) is 0 Å². The molecule has 0 saturated carbocycles. The molecule has 0 rings (SSSR count). The minimum Gasteiger partial charge on any atom is -0.466 e. The first-order chi connectivity index (χ1) is 8.91. The first kappa shape index (κ1) is 18.5. The third kappa shape index (κ3) is 13.7. The zero-order chi connectivity index (χ0) is 14.7. The number of ether oxygens (including phenoxy) is 1. The predicted molar refractivity (Wildman–Crippen MR) is 82.1 cm³/mol. The van der Waals surface area contributed by atoms with E-state index in [2.05, 4.69) is 27.7 Å². The molecule has 0 bridgehead atoms. The van der Waals surface area contributed by atoms with Gasteiger partial charge in [0.1, 0.15) is 0 Å². The Kier molecular flexibility index (Phi) is 11.0. The van der Waals surface area contributed by atoms with Gasteiger partial charge in [0.25, 0.3) is 0 Å². The van der Waals surface area contributed by atoms with E-state index in [0.717, 1.165) is 18.3 Å². The lowest BCUT2D eigenvalue weighted by molar-refractivity contribution is -0.141. The van der Waals surface area contributed by atoms with Gasteiger partial charge in [-0.3, -0.25) is 4.79 Å². The van der Waals surface area contributed by atoms with Crippen LogP contribution in [0.15, 0.2) is 0 Å². The van der Waals surface area contributed by atoms with E-state index in [4.69, 9.17) is 4.74 Å². The highest BCUT2D eigenvalue weighted by Gasteiger charge is 2.07. The average Bonchev–Trinajstić information content (AvgIpc) is 2.27. The standard InChI is InChI=1S/C17H34O2/c1-14(2)8-6-9-15(3)10-7-11-16(4)12-13-19-17(5)18/h14-16H,6-13H2,1-5H3. The van der Waals surface area contributed by atoms with Crippen molar-refractivity contribution < 1.29 is 9.53 Å². The smallest absolute Gasteiger partial charge is 0.302 e. The Morgan fingerprint density at radius 3 is 1.79 bits per heavy atom. The summed E-state index contributed by atoms with van der Waals surface area (Å²) in [6.45, 7) is 11.3. The topological polar surface area (TPSA) is 26.3 Å². The maximum absolute atomic E-state index is 10.7. The molecule has 0 aromatic rings. The third-order valence-corrected chi connectivity index (χ3v) is 3.79. The summed E-state index contributed by atoms with van der Waals surface area (Å²) in [4.78, 5) is 10.7. The van der Waals surface area contributed by atoms with Gasteiger partial charge in [0.05, 0.1) is 6.61 Å². The molecule has 2 heteroatoms. The van der Waals surface area contributed by atoms with Gasteiger partial charge in [-0.05, 0) is 24.2 Å². The predicted octanol–water partition coefficient (Wildman–Crippen LogP) is 5.21. The monoisotopic (exact) mass is 270 g/mol. The Morgan fingerprint density at radius 2 is 1.32 bits per heavy atom. The normalized spacial score (nSPS) is 14.4. The summed E-state index contributed by atoms with van der Waals surface area (Å²) in [7, 11) is 0. The number of esters is 1. The van der Waals surface area contributed by atoms with E-state index in [1.54, 1.807) is 0 Å². The molecule has 0 heterocycles. The number of carbonyl (C=O) groups excluding carboxylic acids is 1. The second-order valence-electron chi connectivity index (χ2n) is 6.59. The fraction of sp³-hybridized carbons (Fsp3) is 0.941. The minimum absolute atomic E-state index is 0.161. The fourth-order valence-electron chi connectivity index (χ4n) is 2.38. The van der Waals surface area contributed by atoms with E-state index in [0.29, 0.717) is 12.5 Å². The maximum Gasteiger partial charge on any atom is 0.302 e. The second kappa shape index (κ2) is 11.3. The van der Waals surface area contributed by atoms with Crippen LogP contribution in [0.4, 0.5) is 0 Å². The Bertz CT molecular complexity index is 223. The Hall–Kier alpha value is -0.530. The van der Waals surface area contributed by atoms with Crippen molar-refractivity contribution in [2.45, 2.75) is 79.6 Å². The van der Waals surface area contributed by atoms with Crippen molar-refractivity contribution in [3.05, 3.63) is 0 Å². The van der Waals surface area contributed by atoms with Crippen molar-refractivity contribution in [1.82, 2.24) is 0 Å². The molecule has 19 heavy (non-hydrogen) atoms. The molecule has 0 saturated heterocycles. The van der Waals surface area contributed by atoms with Gasteiger partial charge in [-0.25, -0.2) is 0 Å². The van der Waals surface area contributed by atoms with Crippen LogP contribution in [-0.4, -0.2) is 12.6 Å². The molecule has 0 amide bonds. The van der Waals surface area contributed by atoms with Gasteiger partial charge >= 0.3 is 5.97 Å². The van der Waals surface area contributed by atoms with Crippen LogP contribution >= 0.6 is 0 Å². The van der Waals surface area contributed by atoms with Gasteiger partial charge in [-0.15, -0.1) is 0 Å². The van der Waals surface area contributed by atoms with Crippen LogP contribution in [0, 0.1) is 17.8 Å². The van der Waals surface area contributed by atoms with Crippen molar-refractivity contribution in [2.75, 3.05) is 6.61 Å². The van der Waals surface area contributed by atoms with Gasteiger partial charge in [0.15, 0.2) is 0 Å². The molecule has 2 atom stereocenters. The fourth-order valence-corrected chi connectivity index (χ4v) is 2.38. The SMILES string of the molecule is CC(=O)OCCC(C)CCCC(C)CCCC(C)C. The van der Waals surface area contributed by atoms with E-state index in [9.17, 15) is 4.79 Å². The van der Waals surface area contributed by atoms with Gasteiger partial charge < -0.3 is 4.74 Å². The Labute approximate surface area is 120 Å². The molecular formula is C17H34O2. The summed E-state index contributed by atoms with van der Waals surface area (Å²) in [5.41, 5.74) is 0. The number of rotatable bonds is 11. The van der Waals surface area contributed by atoms with Crippen LogP contribution in [0.5, 0.6) is 0 Å². The zero-order valence-corrected chi connectivity index (χ0v) is 13.7. The first-order valence-corrected chi connectivity index (χ1v) is 8.05. The van der Waals surface area contributed by atoms with Gasteiger partial charge in [0.2, 0.25) is 0 Å². The summed E-state index contributed by atoms with van der Waals surface area (Å²) in [5.74, 6) is 2.21. The quantitative estimate of drug-likeness (QED) is 0.482. The molecular weight excluding hydrogens is 236 g/mol. The van der Waals surface area contributed by atoms with Crippen molar-refractivity contribution in [3.63, 3.8) is 0 Å². The molecule has 0 aromatic carbocycles. The van der Waals surface area contributed by atoms with Crippen LogP contribution < -0.4 is 0 Å². The van der Waals surface area contributed by atoms with Crippen LogP contribution in [-0.2, 0) is 9.53 Å². The molecule has 0 spiro atoms. The summed E-state index contributed by atoms with van der Waals surface area (Å²) in [5, 5.41) is 0. The highest BCUT2D eigenvalue weighted by atomic mass is 16.5. The van der Waals surface area contributed by atoms with E-state index < -0.39 is 0 Å². The van der Waals surface area contributed by atoms with E-state index in [1.165, 1.54) is 45.4 Å². The van der Waals surface area contributed by atoms with E-state index in [1.807, 2.05) is 0 Å². The molecule has 2 nitrogen and oxygen atoms in total. The van der Waals surface area contributed by atoms with Crippen LogP contribution in [0.25, 0.3) is 0 Å². The van der Waals surface area contributed by atoms with Crippen molar-refractivity contribution in [2.24, 2.45) is 17.8 Å². The highest BCUT2D eigenvalue weighted by molar-refractivity contribution is 5.65. The molecule has 0 aliphatic carbocycles. The van der Waals surface area contributed by atoms with Crippen molar-refractivity contribution in [3.8, 4) is 0 Å². The summed E-state index contributed by atoms with van der Waals surface area (Å²) in [6.07, 6.45) is 9.03. The zero-order valence-electron chi connectivity index (χ0n) is 13.7. The Balaban J connectivity index is 3.42. The van der Waals surface area contributed by atoms with Crippen LogP contribution in [0.1, 0.15) is 79.6 Å². The molecule has 114 valence electrons.